The average Bonchev–Trinajstić information content (AvgIpc) is 2.24. The summed E-state index contributed by atoms with van der Waals surface area (Å²) in [7, 11) is 0. The van der Waals surface area contributed by atoms with E-state index in [9.17, 15) is 9.59 Å². The molecule has 0 saturated carbocycles. The first kappa shape index (κ1) is 14.9. The molecule has 0 fully saturated rings. The van der Waals surface area contributed by atoms with E-state index in [0.717, 1.165) is 0 Å². The monoisotopic (exact) mass is 311 g/mol. The molecule has 98 valence electrons. The number of rotatable bonds is 5. The molecular formula is C10H8Cl3NO4. The highest BCUT2D eigenvalue weighted by Gasteiger charge is 2.11. The molecule has 1 rings (SSSR count). The van der Waals surface area contributed by atoms with Crippen molar-refractivity contribution in [3.05, 3.63) is 27.2 Å². The second-order valence-corrected chi connectivity index (χ2v) is 4.41. The van der Waals surface area contributed by atoms with Crippen LogP contribution in [-0.4, -0.2) is 30.1 Å². The number of benzene rings is 1. The van der Waals surface area contributed by atoms with E-state index < -0.39 is 25.0 Å². The van der Waals surface area contributed by atoms with Gasteiger partial charge in [0.25, 0.3) is 5.91 Å². The quantitative estimate of drug-likeness (QED) is 0.874. The van der Waals surface area contributed by atoms with Gasteiger partial charge in [0.15, 0.2) is 12.4 Å². The van der Waals surface area contributed by atoms with E-state index in [1.54, 1.807) is 0 Å². The molecular weight excluding hydrogens is 304 g/mol. The van der Waals surface area contributed by atoms with Gasteiger partial charge in [-0.25, -0.2) is 0 Å². The Labute approximate surface area is 118 Å². The number of ether oxygens (including phenoxy) is 1. The largest absolute Gasteiger partial charge is 0.481 e. The molecule has 8 heteroatoms. The lowest BCUT2D eigenvalue weighted by atomic mass is 10.3. The van der Waals surface area contributed by atoms with Crippen molar-refractivity contribution in [3.63, 3.8) is 0 Å². The van der Waals surface area contributed by atoms with Crippen molar-refractivity contribution >= 4 is 46.7 Å². The van der Waals surface area contributed by atoms with E-state index in [4.69, 9.17) is 44.6 Å². The fourth-order valence-corrected chi connectivity index (χ4v) is 1.96. The van der Waals surface area contributed by atoms with Gasteiger partial charge in [0.1, 0.15) is 6.54 Å². The van der Waals surface area contributed by atoms with Crippen molar-refractivity contribution in [1.29, 1.82) is 0 Å². The molecule has 0 atom stereocenters. The van der Waals surface area contributed by atoms with Crippen LogP contribution in [0.4, 0.5) is 0 Å². The molecule has 0 bridgehead atoms. The maximum absolute atomic E-state index is 11.2. The minimum Gasteiger partial charge on any atom is -0.481 e. The average molecular weight is 313 g/mol. The van der Waals surface area contributed by atoms with Crippen LogP contribution in [0.1, 0.15) is 0 Å². The first-order valence-electron chi connectivity index (χ1n) is 4.66. The number of aliphatic carboxylic acids is 1. The number of halogens is 3. The molecule has 0 aliphatic heterocycles. The van der Waals surface area contributed by atoms with Gasteiger partial charge < -0.3 is 15.2 Å². The van der Waals surface area contributed by atoms with Gasteiger partial charge in [0, 0.05) is 5.02 Å². The summed E-state index contributed by atoms with van der Waals surface area (Å²) in [5.41, 5.74) is 0. The highest BCUT2D eigenvalue weighted by atomic mass is 35.5. The minimum absolute atomic E-state index is 0.119. The van der Waals surface area contributed by atoms with Crippen LogP contribution in [0.25, 0.3) is 0 Å². The summed E-state index contributed by atoms with van der Waals surface area (Å²) in [6.45, 7) is -0.876. The van der Waals surface area contributed by atoms with E-state index in [1.165, 1.54) is 12.1 Å². The summed E-state index contributed by atoms with van der Waals surface area (Å²) in [5, 5.41) is 11.2. The van der Waals surface area contributed by atoms with Crippen molar-refractivity contribution in [1.82, 2.24) is 5.32 Å². The minimum atomic E-state index is -1.15. The number of carbonyl (C=O) groups is 2. The van der Waals surface area contributed by atoms with Crippen molar-refractivity contribution in [2.45, 2.75) is 0 Å². The molecule has 1 aromatic rings. The van der Waals surface area contributed by atoms with Gasteiger partial charge in [0.2, 0.25) is 0 Å². The van der Waals surface area contributed by atoms with Crippen molar-refractivity contribution in [3.8, 4) is 5.75 Å². The van der Waals surface area contributed by atoms with Crippen LogP contribution in [0.15, 0.2) is 12.1 Å². The van der Waals surface area contributed by atoms with E-state index >= 15 is 0 Å². The number of carbonyl (C=O) groups excluding carboxylic acids is 1. The van der Waals surface area contributed by atoms with Gasteiger partial charge in [-0.1, -0.05) is 34.8 Å². The standard InChI is InChI=1S/C10H8Cl3NO4/c11-5-1-6(12)10(7(13)2-5)18-4-8(15)14-3-9(16)17/h1-2H,3-4H2,(H,14,15)(H,16,17). The second-order valence-electron chi connectivity index (χ2n) is 3.16. The Kier molecular flexibility index (Phi) is 5.53. The van der Waals surface area contributed by atoms with Crippen molar-refractivity contribution in [2.24, 2.45) is 0 Å². The molecule has 2 N–H and O–H groups in total. The zero-order valence-electron chi connectivity index (χ0n) is 8.87. The van der Waals surface area contributed by atoms with Crippen molar-refractivity contribution in [2.75, 3.05) is 13.2 Å². The predicted octanol–water partition coefficient (Wildman–Crippen LogP) is 2.23. The Morgan fingerprint density at radius 3 is 2.28 bits per heavy atom. The van der Waals surface area contributed by atoms with Crippen LogP contribution >= 0.6 is 34.8 Å². The van der Waals surface area contributed by atoms with Gasteiger partial charge in [0.05, 0.1) is 10.0 Å². The Morgan fingerprint density at radius 2 is 1.78 bits per heavy atom. The molecule has 0 aliphatic rings. The fourth-order valence-electron chi connectivity index (χ4n) is 1.03. The van der Waals surface area contributed by atoms with E-state index in [2.05, 4.69) is 5.32 Å². The molecule has 1 aromatic carbocycles. The zero-order chi connectivity index (χ0) is 13.7. The third-order valence-corrected chi connectivity index (χ3v) is 2.53. The van der Waals surface area contributed by atoms with Gasteiger partial charge >= 0.3 is 5.97 Å². The molecule has 0 spiro atoms. The van der Waals surface area contributed by atoms with E-state index in [-0.39, 0.29) is 15.8 Å². The molecule has 0 heterocycles. The maximum atomic E-state index is 11.2. The molecule has 0 saturated heterocycles. The molecule has 0 aromatic heterocycles. The summed E-state index contributed by atoms with van der Waals surface area (Å²) < 4.78 is 5.09. The number of nitrogens with one attached hydrogen (secondary N) is 1. The first-order chi connectivity index (χ1) is 8.40. The number of hydrogen-bond acceptors (Lipinski definition) is 3. The number of amides is 1. The summed E-state index contributed by atoms with van der Waals surface area (Å²) >= 11 is 17.4. The van der Waals surface area contributed by atoms with Crippen LogP contribution < -0.4 is 10.1 Å². The lowest BCUT2D eigenvalue weighted by molar-refractivity contribution is -0.138. The molecule has 0 radical (unpaired) electrons. The van der Waals surface area contributed by atoms with Gasteiger partial charge in [-0.05, 0) is 12.1 Å². The molecule has 5 nitrogen and oxygen atoms in total. The molecule has 0 aliphatic carbocycles. The normalized spacial score (nSPS) is 9.94. The van der Waals surface area contributed by atoms with E-state index in [0.29, 0.717) is 5.02 Å². The summed E-state index contributed by atoms with van der Waals surface area (Å²) in [6, 6.07) is 2.83. The number of carboxylic acid groups (broad SMARTS) is 1. The third kappa shape index (κ3) is 4.60. The van der Waals surface area contributed by atoms with Gasteiger partial charge in [-0.15, -0.1) is 0 Å². The molecule has 0 unspecified atom stereocenters. The predicted molar refractivity (Wildman–Crippen MR) is 67.6 cm³/mol. The summed E-state index contributed by atoms with van der Waals surface area (Å²) in [4.78, 5) is 21.4. The Morgan fingerprint density at radius 1 is 1.22 bits per heavy atom. The topological polar surface area (TPSA) is 75.6 Å². The number of hydrogen-bond donors (Lipinski definition) is 2. The third-order valence-electron chi connectivity index (χ3n) is 1.75. The lowest BCUT2D eigenvalue weighted by Gasteiger charge is -2.09. The summed E-state index contributed by atoms with van der Waals surface area (Å²) in [5.74, 6) is -1.63. The fraction of sp³-hybridized carbons (Fsp3) is 0.200. The first-order valence-corrected chi connectivity index (χ1v) is 5.79. The Bertz CT molecular complexity index is 455. The van der Waals surface area contributed by atoms with Crippen LogP contribution in [0.3, 0.4) is 0 Å². The summed E-state index contributed by atoms with van der Waals surface area (Å²) in [6.07, 6.45) is 0. The van der Waals surface area contributed by atoms with E-state index in [1.807, 2.05) is 0 Å². The molecule has 18 heavy (non-hydrogen) atoms. The highest BCUT2D eigenvalue weighted by molar-refractivity contribution is 6.40. The van der Waals surface area contributed by atoms with Crippen LogP contribution in [-0.2, 0) is 9.59 Å². The zero-order valence-corrected chi connectivity index (χ0v) is 11.1. The molecule has 1 amide bonds. The Hall–Kier alpha value is -1.17. The smallest absolute Gasteiger partial charge is 0.322 e. The van der Waals surface area contributed by atoms with Gasteiger partial charge in [-0.3, -0.25) is 9.59 Å². The van der Waals surface area contributed by atoms with Crippen LogP contribution in [0.2, 0.25) is 15.1 Å². The maximum Gasteiger partial charge on any atom is 0.322 e. The van der Waals surface area contributed by atoms with Crippen LogP contribution in [0, 0.1) is 0 Å². The van der Waals surface area contributed by atoms with Crippen molar-refractivity contribution < 1.29 is 19.4 Å². The Balaban J connectivity index is 2.58. The number of carboxylic acids is 1. The highest BCUT2D eigenvalue weighted by Crippen LogP contribution is 2.35. The van der Waals surface area contributed by atoms with Gasteiger partial charge in [-0.2, -0.15) is 0 Å². The second kappa shape index (κ2) is 6.68. The lowest BCUT2D eigenvalue weighted by Crippen LogP contribution is -2.33. The SMILES string of the molecule is O=C(O)CNC(=O)COc1c(Cl)cc(Cl)cc1Cl. The van der Waals surface area contributed by atoms with Crippen LogP contribution in [0.5, 0.6) is 5.75 Å².